The summed E-state index contributed by atoms with van der Waals surface area (Å²) >= 11 is 0. The third kappa shape index (κ3) is 5.46. The molecule has 0 bridgehead atoms. The van der Waals surface area contributed by atoms with Crippen molar-refractivity contribution in [1.82, 2.24) is 9.88 Å². The lowest BCUT2D eigenvalue weighted by molar-refractivity contribution is -0.141. The van der Waals surface area contributed by atoms with E-state index in [1.165, 1.54) is 6.07 Å². The second-order valence-corrected chi connectivity index (χ2v) is 4.27. The summed E-state index contributed by atoms with van der Waals surface area (Å²) in [5, 5.41) is 2.93. The number of anilines is 1. The van der Waals surface area contributed by atoms with Gasteiger partial charge in [0.2, 0.25) is 0 Å². The number of hydrogen-bond acceptors (Lipinski definition) is 3. The minimum absolute atomic E-state index is 0.266. The predicted octanol–water partition coefficient (Wildman–Crippen LogP) is 3.24. The Labute approximate surface area is 111 Å². The van der Waals surface area contributed by atoms with Crippen LogP contribution in [0.1, 0.15) is 26.0 Å². The molecule has 0 aliphatic carbocycles. The lowest BCUT2D eigenvalue weighted by Gasteiger charge is -2.19. The summed E-state index contributed by atoms with van der Waals surface area (Å²) in [7, 11) is 0. The van der Waals surface area contributed by atoms with Gasteiger partial charge in [-0.15, -0.1) is 0 Å². The number of rotatable bonds is 7. The smallest absolute Gasteiger partial charge is 0.369 e. The largest absolute Gasteiger partial charge is 0.433 e. The lowest BCUT2D eigenvalue weighted by Crippen LogP contribution is -2.29. The second-order valence-electron chi connectivity index (χ2n) is 4.27. The number of halogens is 3. The van der Waals surface area contributed by atoms with Crippen molar-refractivity contribution in [2.45, 2.75) is 26.4 Å². The molecule has 1 aromatic rings. The van der Waals surface area contributed by atoms with E-state index in [2.05, 4.69) is 29.0 Å². The Bertz CT molecular complexity index is 380. The van der Waals surface area contributed by atoms with Crippen LogP contribution < -0.4 is 5.32 Å². The predicted molar refractivity (Wildman–Crippen MR) is 70.1 cm³/mol. The average molecular weight is 275 g/mol. The summed E-state index contributed by atoms with van der Waals surface area (Å²) in [6.45, 7) is 7.48. The van der Waals surface area contributed by atoms with E-state index in [1.54, 1.807) is 6.07 Å². The van der Waals surface area contributed by atoms with Crippen LogP contribution in [0.3, 0.4) is 0 Å². The van der Waals surface area contributed by atoms with Crippen molar-refractivity contribution in [1.29, 1.82) is 0 Å². The Morgan fingerprint density at radius 3 is 2.53 bits per heavy atom. The zero-order valence-electron chi connectivity index (χ0n) is 11.3. The van der Waals surface area contributed by atoms with Gasteiger partial charge in [0.05, 0.1) is 0 Å². The molecule has 3 nitrogen and oxygen atoms in total. The normalized spacial score (nSPS) is 11.9. The minimum Gasteiger partial charge on any atom is -0.369 e. The molecule has 108 valence electrons. The molecular weight excluding hydrogens is 255 g/mol. The highest BCUT2D eigenvalue weighted by Gasteiger charge is 2.32. The van der Waals surface area contributed by atoms with E-state index >= 15 is 0 Å². The first-order valence-corrected chi connectivity index (χ1v) is 6.47. The number of alkyl halides is 3. The molecule has 0 aliphatic rings. The third-order valence-electron chi connectivity index (χ3n) is 2.76. The summed E-state index contributed by atoms with van der Waals surface area (Å²) in [6, 6.07) is 3.88. The fourth-order valence-corrected chi connectivity index (χ4v) is 1.78. The van der Waals surface area contributed by atoms with Crippen LogP contribution in [-0.2, 0) is 6.18 Å². The molecule has 0 radical (unpaired) electrons. The Morgan fingerprint density at radius 2 is 1.95 bits per heavy atom. The maximum atomic E-state index is 12.5. The monoisotopic (exact) mass is 275 g/mol. The fourth-order valence-electron chi connectivity index (χ4n) is 1.78. The van der Waals surface area contributed by atoms with Gasteiger partial charge in [0.15, 0.2) is 0 Å². The van der Waals surface area contributed by atoms with Crippen LogP contribution in [-0.4, -0.2) is 36.1 Å². The Morgan fingerprint density at radius 1 is 1.21 bits per heavy atom. The molecule has 0 fully saturated rings. The zero-order valence-corrected chi connectivity index (χ0v) is 11.3. The fraction of sp³-hybridized carbons (Fsp3) is 0.615. The number of pyridine rings is 1. The average Bonchev–Trinajstić information content (AvgIpc) is 2.37. The standard InChI is InChI=1S/C13H20F3N3/c1-3-9-19(4-2)10-8-17-12-7-5-6-11(18-12)13(14,15)16/h5-7H,3-4,8-10H2,1-2H3,(H,17,18). The van der Waals surface area contributed by atoms with Crippen LogP contribution in [0.5, 0.6) is 0 Å². The molecule has 0 unspecified atom stereocenters. The molecule has 0 amide bonds. The molecule has 1 N–H and O–H groups in total. The topological polar surface area (TPSA) is 28.2 Å². The molecule has 1 rings (SSSR count). The summed E-state index contributed by atoms with van der Waals surface area (Å²) in [5.41, 5.74) is -0.863. The highest BCUT2D eigenvalue weighted by molar-refractivity contribution is 5.35. The van der Waals surface area contributed by atoms with Gasteiger partial charge in [0, 0.05) is 13.1 Å². The van der Waals surface area contributed by atoms with Crippen molar-refractivity contribution in [3.63, 3.8) is 0 Å². The van der Waals surface area contributed by atoms with E-state index in [4.69, 9.17) is 0 Å². The first-order chi connectivity index (χ1) is 8.97. The molecule has 1 heterocycles. The maximum absolute atomic E-state index is 12.5. The van der Waals surface area contributed by atoms with Gasteiger partial charge in [0.1, 0.15) is 11.5 Å². The van der Waals surface area contributed by atoms with E-state index in [9.17, 15) is 13.2 Å². The van der Waals surface area contributed by atoms with E-state index < -0.39 is 11.9 Å². The van der Waals surface area contributed by atoms with Gasteiger partial charge >= 0.3 is 6.18 Å². The number of likely N-dealkylation sites (N-methyl/N-ethyl adjacent to an activating group) is 1. The third-order valence-corrected chi connectivity index (χ3v) is 2.76. The van der Waals surface area contributed by atoms with E-state index in [-0.39, 0.29) is 5.82 Å². The van der Waals surface area contributed by atoms with E-state index in [0.29, 0.717) is 6.54 Å². The van der Waals surface area contributed by atoms with Gasteiger partial charge < -0.3 is 10.2 Å². The van der Waals surface area contributed by atoms with Crippen LogP contribution in [0.15, 0.2) is 18.2 Å². The van der Waals surface area contributed by atoms with Gasteiger partial charge in [-0.25, -0.2) is 4.98 Å². The number of hydrogen-bond donors (Lipinski definition) is 1. The molecule has 0 aromatic carbocycles. The van der Waals surface area contributed by atoms with Crippen LogP contribution in [0, 0.1) is 0 Å². The first kappa shape index (κ1) is 15.8. The van der Waals surface area contributed by atoms with Crippen LogP contribution in [0.25, 0.3) is 0 Å². The molecule has 1 aromatic heterocycles. The molecule has 6 heteroatoms. The Hall–Kier alpha value is -1.30. The Balaban J connectivity index is 2.49. The van der Waals surface area contributed by atoms with Crippen molar-refractivity contribution in [3.8, 4) is 0 Å². The van der Waals surface area contributed by atoms with Gasteiger partial charge in [0.25, 0.3) is 0 Å². The molecule has 0 saturated carbocycles. The summed E-state index contributed by atoms with van der Waals surface area (Å²) in [4.78, 5) is 5.79. The molecule has 19 heavy (non-hydrogen) atoms. The molecule has 0 spiro atoms. The Kier molecular flexibility index (Phi) is 6.08. The van der Waals surface area contributed by atoms with Crippen molar-refractivity contribution >= 4 is 5.82 Å². The van der Waals surface area contributed by atoms with E-state index in [0.717, 1.165) is 32.1 Å². The zero-order chi connectivity index (χ0) is 14.3. The second kappa shape index (κ2) is 7.33. The molecule has 0 aliphatic heterocycles. The summed E-state index contributed by atoms with van der Waals surface area (Å²) in [6.07, 6.45) is -3.33. The minimum atomic E-state index is -4.39. The highest BCUT2D eigenvalue weighted by atomic mass is 19.4. The SMILES string of the molecule is CCCN(CC)CCNc1cccc(C(F)(F)F)n1. The summed E-state index contributed by atoms with van der Waals surface area (Å²) < 4.78 is 37.4. The van der Waals surface area contributed by atoms with Crippen molar-refractivity contribution < 1.29 is 13.2 Å². The van der Waals surface area contributed by atoms with Crippen LogP contribution in [0.4, 0.5) is 19.0 Å². The van der Waals surface area contributed by atoms with Gasteiger partial charge in [-0.3, -0.25) is 0 Å². The first-order valence-electron chi connectivity index (χ1n) is 6.47. The van der Waals surface area contributed by atoms with Crippen molar-refractivity contribution in [3.05, 3.63) is 23.9 Å². The number of aromatic nitrogens is 1. The quantitative estimate of drug-likeness (QED) is 0.828. The van der Waals surface area contributed by atoms with Crippen LogP contribution in [0.2, 0.25) is 0 Å². The van der Waals surface area contributed by atoms with Gasteiger partial charge in [-0.1, -0.05) is 19.9 Å². The molecular formula is C13H20F3N3. The van der Waals surface area contributed by atoms with Crippen molar-refractivity contribution in [2.24, 2.45) is 0 Å². The van der Waals surface area contributed by atoms with Crippen molar-refractivity contribution in [2.75, 3.05) is 31.5 Å². The maximum Gasteiger partial charge on any atom is 0.433 e. The summed E-state index contributed by atoms with van der Waals surface area (Å²) in [5.74, 6) is 0.266. The molecule has 0 saturated heterocycles. The van der Waals surface area contributed by atoms with E-state index in [1.807, 2.05) is 0 Å². The van der Waals surface area contributed by atoms with Gasteiger partial charge in [-0.2, -0.15) is 13.2 Å². The number of nitrogens with one attached hydrogen (secondary N) is 1. The molecule has 0 atom stereocenters. The van der Waals surface area contributed by atoms with Crippen LogP contribution >= 0.6 is 0 Å². The lowest BCUT2D eigenvalue weighted by atomic mass is 10.3. The number of nitrogens with zero attached hydrogens (tertiary/aromatic N) is 2. The highest BCUT2D eigenvalue weighted by Crippen LogP contribution is 2.27. The van der Waals surface area contributed by atoms with Gasteiger partial charge in [-0.05, 0) is 31.6 Å².